The molecule has 0 aliphatic rings. The van der Waals surface area contributed by atoms with E-state index in [0.717, 1.165) is 0 Å². The van der Waals surface area contributed by atoms with Gasteiger partial charge in [0.1, 0.15) is 11.5 Å². The van der Waals surface area contributed by atoms with Crippen molar-refractivity contribution < 1.29 is 4.39 Å². The van der Waals surface area contributed by atoms with Crippen LogP contribution in [0.15, 0.2) is 36.5 Å². The molecule has 2 nitrogen and oxygen atoms in total. The zero-order chi connectivity index (χ0) is 8.39. The van der Waals surface area contributed by atoms with Crippen LogP contribution in [0, 0.1) is 12.0 Å². The first-order valence-electron chi connectivity index (χ1n) is 3.54. The number of nitrogens with zero attached hydrogens (tertiary/aromatic N) is 2. The molecule has 1 radical (unpaired) electrons. The van der Waals surface area contributed by atoms with Crippen LogP contribution < -0.4 is 0 Å². The Morgan fingerprint density at radius 3 is 2.83 bits per heavy atom. The number of benzene rings is 1. The Balaban J connectivity index is 2.55. The molecule has 1 heterocycles. The van der Waals surface area contributed by atoms with Gasteiger partial charge in [-0.25, -0.2) is 9.07 Å². The van der Waals surface area contributed by atoms with Crippen molar-refractivity contribution in [3.05, 3.63) is 48.5 Å². The van der Waals surface area contributed by atoms with Crippen molar-refractivity contribution >= 4 is 0 Å². The highest BCUT2D eigenvalue weighted by molar-refractivity contribution is 5.31. The van der Waals surface area contributed by atoms with Crippen molar-refractivity contribution in [3.63, 3.8) is 0 Å². The quantitative estimate of drug-likeness (QED) is 0.623. The lowest BCUT2D eigenvalue weighted by Gasteiger charge is -2.00. The Labute approximate surface area is 69.3 Å². The van der Waals surface area contributed by atoms with E-state index in [2.05, 4.69) is 11.3 Å². The maximum Gasteiger partial charge on any atom is 0.148 e. The first-order valence-corrected chi connectivity index (χ1v) is 3.54. The fourth-order valence-corrected chi connectivity index (χ4v) is 0.993. The molecule has 0 aliphatic carbocycles. The average molecular weight is 161 g/mol. The highest BCUT2D eigenvalue weighted by Crippen LogP contribution is 2.09. The zero-order valence-corrected chi connectivity index (χ0v) is 6.24. The number of hydrogen-bond donors (Lipinski definition) is 0. The molecule has 0 aliphatic heterocycles. The third kappa shape index (κ3) is 1.09. The van der Waals surface area contributed by atoms with Gasteiger partial charge in [0, 0.05) is 0 Å². The van der Waals surface area contributed by atoms with E-state index in [4.69, 9.17) is 0 Å². The molecule has 0 fully saturated rings. The molecule has 0 saturated carbocycles. The third-order valence-corrected chi connectivity index (χ3v) is 1.53. The lowest BCUT2D eigenvalue weighted by Crippen LogP contribution is -1.97. The maximum absolute atomic E-state index is 13.1. The molecule has 0 bridgehead atoms. The van der Waals surface area contributed by atoms with E-state index in [0.29, 0.717) is 5.69 Å². The monoisotopic (exact) mass is 161 g/mol. The van der Waals surface area contributed by atoms with Crippen molar-refractivity contribution in [3.8, 4) is 5.69 Å². The second-order valence-electron chi connectivity index (χ2n) is 2.32. The molecule has 2 aromatic rings. The van der Waals surface area contributed by atoms with Crippen LogP contribution in [0.4, 0.5) is 4.39 Å². The molecule has 2 rings (SSSR count). The van der Waals surface area contributed by atoms with E-state index in [1.165, 1.54) is 10.7 Å². The van der Waals surface area contributed by atoms with Crippen LogP contribution >= 0.6 is 0 Å². The minimum Gasteiger partial charge on any atom is -0.229 e. The molecule has 59 valence electrons. The van der Waals surface area contributed by atoms with Crippen molar-refractivity contribution in [1.29, 1.82) is 0 Å². The standard InChI is InChI=1S/C9H6FN2/c10-8-4-1-2-5-9(8)12-7-3-6-11-12/h1-6H. The van der Waals surface area contributed by atoms with Gasteiger partial charge in [0.05, 0.1) is 12.4 Å². The van der Waals surface area contributed by atoms with Crippen LogP contribution in [0.2, 0.25) is 0 Å². The Morgan fingerprint density at radius 2 is 2.17 bits per heavy atom. The van der Waals surface area contributed by atoms with Gasteiger partial charge in [0.2, 0.25) is 0 Å². The van der Waals surface area contributed by atoms with Gasteiger partial charge < -0.3 is 0 Å². The van der Waals surface area contributed by atoms with Gasteiger partial charge in [0.15, 0.2) is 0 Å². The highest BCUT2D eigenvalue weighted by Gasteiger charge is 2.01. The third-order valence-electron chi connectivity index (χ3n) is 1.53. The second kappa shape index (κ2) is 2.77. The lowest BCUT2D eigenvalue weighted by atomic mass is 10.3. The van der Waals surface area contributed by atoms with Crippen LogP contribution in [0.1, 0.15) is 0 Å². The van der Waals surface area contributed by atoms with E-state index in [-0.39, 0.29) is 5.82 Å². The first-order chi connectivity index (χ1) is 5.88. The van der Waals surface area contributed by atoms with Crippen molar-refractivity contribution in [2.75, 3.05) is 0 Å². The molecule has 3 heteroatoms. The van der Waals surface area contributed by atoms with Crippen molar-refractivity contribution in [1.82, 2.24) is 9.78 Å². The van der Waals surface area contributed by atoms with E-state index >= 15 is 0 Å². The number of hydrogen-bond acceptors (Lipinski definition) is 1. The van der Waals surface area contributed by atoms with Crippen molar-refractivity contribution in [2.24, 2.45) is 0 Å². The topological polar surface area (TPSA) is 17.8 Å². The summed E-state index contributed by atoms with van der Waals surface area (Å²) in [7, 11) is 0. The summed E-state index contributed by atoms with van der Waals surface area (Å²) in [4.78, 5) is 0. The van der Waals surface area contributed by atoms with Gasteiger partial charge in [-0.15, -0.1) is 0 Å². The summed E-state index contributed by atoms with van der Waals surface area (Å²) >= 11 is 0. The molecule has 12 heavy (non-hydrogen) atoms. The summed E-state index contributed by atoms with van der Waals surface area (Å²) in [5, 5.41) is 3.87. The van der Waals surface area contributed by atoms with Gasteiger partial charge in [-0.2, -0.15) is 5.10 Å². The van der Waals surface area contributed by atoms with Crippen LogP contribution in [0.5, 0.6) is 0 Å². The molecule has 0 atom stereocenters. The fourth-order valence-electron chi connectivity index (χ4n) is 0.993. The summed E-state index contributed by atoms with van der Waals surface area (Å²) < 4.78 is 14.4. The van der Waals surface area contributed by atoms with E-state index in [1.807, 2.05) is 0 Å². The van der Waals surface area contributed by atoms with Crippen LogP contribution in [0.25, 0.3) is 5.69 Å². The summed E-state index contributed by atoms with van der Waals surface area (Å²) in [5.41, 5.74) is 0.419. The molecule has 0 amide bonds. The maximum atomic E-state index is 13.1. The average Bonchev–Trinajstić information content (AvgIpc) is 2.57. The SMILES string of the molecule is Fc1ccccc1-n1[c]ccn1. The molecule has 1 aromatic heterocycles. The minimum atomic E-state index is -0.294. The molecule has 1 aromatic carbocycles. The predicted molar refractivity (Wildman–Crippen MR) is 42.4 cm³/mol. The molecule has 0 saturated heterocycles. The summed E-state index contributed by atoms with van der Waals surface area (Å²) in [6.07, 6.45) is 4.32. The first kappa shape index (κ1) is 7.03. The molecule has 0 spiro atoms. The fraction of sp³-hybridized carbons (Fsp3) is 0. The molecular weight excluding hydrogens is 155 g/mol. The normalized spacial score (nSPS) is 10.1. The molecular formula is C9H6FN2. The van der Waals surface area contributed by atoms with Crippen LogP contribution in [-0.4, -0.2) is 9.78 Å². The molecule has 0 unspecified atom stereocenters. The van der Waals surface area contributed by atoms with E-state index < -0.39 is 0 Å². The lowest BCUT2D eigenvalue weighted by molar-refractivity contribution is 0.610. The Kier molecular flexibility index (Phi) is 1.63. The summed E-state index contributed by atoms with van der Waals surface area (Å²) in [6.45, 7) is 0. The second-order valence-corrected chi connectivity index (χ2v) is 2.32. The number of para-hydroxylation sites is 1. The van der Waals surface area contributed by atoms with Gasteiger partial charge in [0.25, 0.3) is 0 Å². The number of halogens is 1. The summed E-state index contributed by atoms with van der Waals surface area (Å²) in [5.74, 6) is -0.294. The smallest absolute Gasteiger partial charge is 0.148 e. The summed E-state index contributed by atoms with van der Waals surface area (Å²) in [6, 6.07) is 8.08. The van der Waals surface area contributed by atoms with Gasteiger partial charge in [-0.1, -0.05) is 12.1 Å². The minimum absolute atomic E-state index is 0.294. The van der Waals surface area contributed by atoms with Gasteiger partial charge in [-0.05, 0) is 18.2 Å². The van der Waals surface area contributed by atoms with E-state index in [9.17, 15) is 4.39 Å². The van der Waals surface area contributed by atoms with Crippen LogP contribution in [0.3, 0.4) is 0 Å². The van der Waals surface area contributed by atoms with Gasteiger partial charge >= 0.3 is 0 Å². The predicted octanol–water partition coefficient (Wildman–Crippen LogP) is 1.81. The van der Waals surface area contributed by atoms with E-state index in [1.54, 1.807) is 30.5 Å². The number of aromatic nitrogens is 2. The Morgan fingerprint density at radius 1 is 1.33 bits per heavy atom. The van der Waals surface area contributed by atoms with Gasteiger partial charge in [-0.3, -0.25) is 0 Å². The Bertz CT molecular complexity index is 368. The number of rotatable bonds is 1. The van der Waals surface area contributed by atoms with Crippen molar-refractivity contribution in [2.45, 2.75) is 0 Å². The Hall–Kier alpha value is -1.64. The zero-order valence-electron chi connectivity index (χ0n) is 6.24. The highest BCUT2D eigenvalue weighted by atomic mass is 19.1. The van der Waals surface area contributed by atoms with Crippen LogP contribution in [-0.2, 0) is 0 Å². The largest absolute Gasteiger partial charge is 0.229 e. The molecule has 0 N–H and O–H groups in total.